The molecule has 0 saturated heterocycles. The Morgan fingerprint density at radius 3 is 2.44 bits per heavy atom. The van der Waals surface area contributed by atoms with E-state index in [4.69, 9.17) is 0 Å². The highest BCUT2D eigenvalue weighted by molar-refractivity contribution is 5.95. The van der Waals surface area contributed by atoms with E-state index in [9.17, 15) is 9.59 Å². The van der Waals surface area contributed by atoms with Gasteiger partial charge in [-0.2, -0.15) is 0 Å². The highest BCUT2D eigenvalue weighted by Gasteiger charge is 2.33. The van der Waals surface area contributed by atoms with Gasteiger partial charge >= 0.3 is 6.03 Å². The molecule has 0 bridgehead atoms. The zero-order chi connectivity index (χ0) is 18.3. The van der Waals surface area contributed by atoms with E-state index in [1.165, 1.54) is 19.3 Å². The molecule has 0 radical (unpaired) electrons. The zero-order valence-corrected chi connectivity index (χ0v) is 15.6. The molecule has 3 amide bonds. The summed E-state index contributed by atoms with van der Waals surface area (Å²) in [5, 5.41) is 8.46. The Labute approximate surface area is 151 Å². The van der Waals surface area contributed by atoms with Crippen LogP contribution in [-0.4, -0.2) is 24.5 Å². The summed E-state index contributed by atoms with van der Waals surface area (Å²) < 4.78 is 0. The third kappa shape index (κ3) is 6.50. The standard InChI is InChI=1S/C20H31N3O2/c1-20(2,3)16-11-7-8-12-17(16)21-14-18(24)23-19(25)22-13-15-9-5-4-6-10-15/h4-6,9-10,16-17,21H,7-8,11-14H2,1-3H3,(H2,22,23,24,25). The van der Waals surface area contributed by atoms with Crippen LogP contribution in [0.1, 0.15) is 52.0 Å². The first-order valence-corrected chi connectivity index (χ1v) is 9.21. The Morgan fingerprint density at radius 2 is 1.76 bits per heavy atom. The second kappa shape index (κ2) is 8.99. The molecule has 2 unspecified atom stereocenters. The Bertz CT molecular complexity index is 566. The molecule has 5 heteroatoms. The number of imide groups is 1. The average Bonchev–Trinajstić information content (AvgIpc) is 2.58. The molecule has 1 aliphatic carbocycles. The van der Waals surface area contributed by atoms with Gasteiger partial charge < -0.3 is 10.6 Å². The molecule has 1 saturated carbocycles. The van der Waals surface area contributed by atoms with E-state index >= 15 is 0 Å². The molecular weight excluding hydrogens is 314 g/mol. The van der Waals surface area contributed by atoms with Crippen molar-refractivity contribution in [3.05, 3.63) is 35.9 Å². The number of carbonyl (C=O) groups is 2. The van der Waals surface area contributed by atoms with Crippen LogP contribution in [0.3, 0.4) is 0 Å². The molecule has 1 aliphatic rings. The second-order valence-corrected chi connectivity index (χ2v) is 7.96. The lowest BCUT2D eigenvalue weighted by molar-refractivity contribution is -0.119. The highest BCUT2D eigenvalue weighted by Crippen LogP contribution is 2.37. The van der Waals surface area contributed by atoms with Crippen LogP contribution in [0.4, 0.5) is 4.79 Å². The van der Waals surface area contributed by atoms with Crippen molar-refractivity contribution in [1.82, 2.24) is 16.0 Å². The maximum atomic E-state index is 12.0. The van der Waals surface area contributed by atoms with Crippen LogP contribution in [0.5, 0.6) is 0 Å². The molecular formula is C20H31N3O2. The van der Waals surface area contributed by atoms with Crippen LogP contribution in [0.25, 0.3) is 0 Å². The SMILES string of the molecule is CC(C)(C)C1CCCCC1NCC(=O)NC(=O)NCc1ccccc1. The summed E-state index contributed by atoms with van der Waals surface area (Å²) in [6.45, 7) is 7.36. The maximum absolute atomic E-state index is 12.0. The third-order valence-electron chi connectivity index (χ3n) is 4.95. The summed E-state index contributed by atoms with van der Waals surface area (Å²) in [7, 11) is 0. The van der Waals surface area contributed by atoms with E-state index in [1.54, 1.807) is 0 Å². The third-order valence-corrected chi connectivity index (χ3v) is 4.95. The predicted octanol–water partition coefficient (Wildman–Crippen LogP) is 3.21. The molecule has 2 rings (SSSR count). The van der Waals surface area contributed by atoms with E-state index in [-0.39, 0.29) is 17.9 Å². The molecule has 25 heavy (non-hydrogen) atoms. The van der Waals surface area contributed by atoms with E-state index < -0.39 is 6.03 Å². The molecule has 1 fully saturated rings. The van der Waals surface area contributed by atoms with Gasteiger partial charge in [-0.15, -0.1) is 0 Å². The summed E-state index contributed by atoms with van der Waals surface area (Å²) >= 11 is 0. The first-order chi connectivity index (χ1) is 11.9. The highest BCUT2D eigenvalue weighted by atomic mass is 16.2. The number of carbonyl (C=O) groups excluding carboxylic acids is 2. The van der Waals surface area contributed by atoms with Crippen molar-refractivity contribution in [2.45, 2.75) is 59.0 Å². The van der Waals surface area contributed by atoms with E-state index in [1.807, 2.05) is 30.3 Å². The van der Waals surface area contributed by atoms with Gasteiger partial charge in [0.25, 0.3) is 0 Å². The Morgan fingerprint density at radius 1 is 1.08 bits per heavy atom. The molecule has 0 spiro atoms. The summed E-state index contributed by atoms with van der Waals surface area (Å²) in [6.07, 6.45) is 4.74. The normalized spacial score (nSPS) is 20.8. The lowest BCUT2D eigenvalue weighted by Crippen LogP contribution is -2.49. The fourth-order valence-electron chi connectivity index (χ4n) is 3.63. The first kappa shape index (κ1) is 19.4. The fraction of sp³-hybridized carbons (Fsp3) is 0.600. The predicted molar refractivity (Wildman–Crippen MR) is 100 cm³/mol. The molecule has 0 heterocycles. The summed E-state index contributed by atoms with van der Waals surface area (Å²) in [5.41, 5.74) is 1.22. The zero-order valence-electron chi connectivity index (χ0n) is 15.6. The smallest absolute Gasteiger partial charge is 0.321 e. The lowest BCUT2D eigenvalue weighted by atomic mass is 9.69. The van der Waals surface area contributed by atoms with Crippen LogP contribution in [0, 0.1) is 11.3 Å². The molecule has 5 nitrogen and oxygen atoms in total. The topological polar surface area (TPSA) is 70.2 Å². The van der Waals surface area contributed by atoms with Gasteiger partial charge in [0, 0.05) is 12.6 Å². The number of nitrogens with one attached hydrogen (secondary N) is 3. The van der Waals surface area contributed by atoms with Gasteiger partial charge in [0.1, 0.15) is 0 Å². The second-order valence-electron chi connectivity index (χ2n) is 7.96. The minimum atomic E-state index is -0.452. The Balaban J connectivity index is 1.73. The van der Waals surface area contributed by atoms with Crippen LogP contribution in [0.2, 0.25) is 0 Å². The van der Waals surface area contributed by atoms with Crippen LogP contribution in [-0.2, 0) is 11.3 Å². The van der Waals surface area contributed by atoms with E-state index in [2.05, 4.69) is 36.7 Å². The van der Waals surface area contributed by atoms with Gasteiger partial charge in [-0.05, 0) is 29.7 Å². The van der Waals surface area contributed by atoms with Crippen LogP contribution >= 0.6 is 0 Å². The van der Waals surface area contributed by atoms with Crippen LogP contribution < -0.4 is 16.0 Å². The molecule has 0 aliphatic heterocycles. The van der Waals surface area contributed by atoms with Crippen molar-refractivity contribution in [3.63, 3.8) is 0 Å². The lowest BCUT2D eigenvalue weighted by Gasteiger charge is -2.40. The molecule has 3 N–H and O–H groups in total. The molecule has 0 aromatic heterocycles. The largest absolute Gasteiger partial charge is 0.334 e. The minimum Gasteiger partial charge on any atom is -0.334 e. The monoisotopic (exact) mass is 345 g/mol. The summed E-state index contributed by atoms with van der Waals surface area (Å²) in [6, 6.07) is 9.51. The Hall–Kier alpha value is -1.88. The van der Waals surface area contributed by atoms with E-state index in [0.29, 0.717) is 18.5 Å². The quantitative estimate of drug-likeness (QED) is 0.767. The van der Waals surface area contributed by atoms with Crippen molar-refractivity contribution in [3.8, 4) is 0 Å². The van der Waals surface area contributed by atoms with Gasteiger partial charge in [-0.25, -0.2) is 4.79 Å². The summed E-state index contributed by atoms with van der Waals surface area (Å²) in [4.78, 5) is 23.9. The molecule has 1 aromatic rings. The molecule has 138 valence electrons. The van der Waals surface area contributed by atoms with Crippen molar-refractivity contribution < 1.29 is 9.59 Å². The number of rotatable bonds is 5. The molecule has 2 atom stereocenters. The number of urea groups is 1. The van der Waals surface area contributed by atoms with Gasteiger partial charge in [-0.3, -0.25) is 10.1 Å². The number of benzene rings is 1. The van der Waals surface area contributed by atoms with E-state index in [0.717, 1.165) is 12.0 Å². The average molecular weight is 345 g/mol. The number of hydrogen-bond donors (Lipinski definition) is 3. The number of amides is 3. The fourth-order valence-corrected chi connectivity index (χ4v) is 3.63. The van der Waals surface area contributed by atoms with Crippen molar-refractivity contribution in [2.24, 2.45) is 11.3 Å². The van der Waals surface area contributed by atoms with Gasteiger partial charge in [0.05, 0.1) is 6.54 Å². The molecule has 1 aromatic carbocycles. The maximum Gasteiger partial charge on any atom is 0.321 e. The van der Waals surface area contributed by atoms with Gasteiger partial charge in [-0.1, -0.05) is 63.9 Å². The van der Waals surface area contributed by atoms with Crippen LogP contribution in [0.15, 0.2) is 30.3 Å². The van der Waals surface area contributed by atoms with Crippen molar-refractivity contribution >= 4 is 11.9 Å². The first-order valence-electron chi connectivity index (χ1n) is 9.21. The van der Waals surface area contributed by atoms with Gasteiger partial charge in [0.2, 0.25) is 5.91 Å². The van der Waals surface area contributed by atoms with Crippen molar-refractivity contribution in [1.29, 1.82) is 0 Å². The summed E-state index contributed by atoms with van der Waals surface area (Å²) in [5.74, 6) is 0.268. The van der Waals surface area contributed by atoms with Crippen molar-refractivity contribution in [2.75, 3.05) is 6.54 Å². The Kier molecular flexibility index (Phi) is 7.00. The number of hydrogen-bond acceptors (Lipinski definition) is 3. The minimum absolute atomic E-state index is 0.177. The van der Waals surface area contributed by atoms with Gasteiger partial charge in [0.15, 0.2) is 0 Å².